The summed E-state index contributed by atoms with van der Waals surface area (Å²) in [7, 11) is 0. The number of nitrogens with zero attached hydrogens (tertiary/aromatic N) is 3. The molecule has 2 amide bonds. The highest BCUT2D eigenvalue weighted by atomic mass is 32.2. The largest absolute Gasteiger partial charge is 0.322 e. The number of thioether (sulfide) groups is 1. The number of nitrogens with one attached hydrogen (secondary N) is 1. The molecular weight excluding hydrogens is 372 g/mol. The van der Waals surface area contributed by atoms with Gasteiger partial charge in [0.25, 0.3) is 5.91 Å². The topological polar surface area (TPSA) is 67.2 Å². The molecule has 4 rings (SSSR count). The predicted octanol–water partition coefficient (Wildman–Crippen LogP) is 3.97. The molecule has 0 saturated carbocycles. The fourth-order valence-corrected chi connectivity index (χ4v) is 3.81. The summed E-state index contributed by atoms with van der Waals surface area (Å²) in [6.07, 6.45) is 7.08. The number of anilines is 2. The van der Waals surface area contributed by atoms with Gasteiger partial charge in [-0.15, -0.1) is 0 Å². The monoisotopic (exact) mass is 392 g/mol. The van der Waals surface area contributed by atoms with Crippen LogP contribution in [-0.2, 0) is 4.79 Å². The number of benzene rings is 2. The van der Waals surface area contributed by atoms with Crippen molar-refractivity contribution in [3.63, 3.8) is 0 Å². The lowest BCUT2D eigenvalue weighted by atomic mass is 10.1. The number of hydrogen-bond acceptors (Lipinski definition) is 4. The van der Waals surface area contributed by atoms with Crippen molar-refractivity contribution in [2.75, 3.05) is 23.0 Å². The van der Waals surface area contributed by atoms with Crippen molar-refractivity contribution in [1.82, 2.24) is 9.55 Å². The van der Waals surface area contributed by atoms with E-state index in [0.29, 0.717) is 17.7 Å². The maximum Gasteiger partial charge on any atom is 0.255 e. The summed E-state index contributed by atoms with van der Waals surface area (Å²) in [6.45, 7) is 0.754. The van der Waals surface area contributed by atoms with E-state index in [2.05, 4.69) is 10.3 Å². The van der Waals surface area contributed by atoms with Crippen molar-refractivity contribution in [3.05, 3.63) is 66.5 Å². The summed E-state index contributed by atoms with van der Waals surface area (Å²) in [5, 5.41) is 3.78. The molecule has 1 saturated heterocycles. The van der Waals surface area contributed by atoms with Crippen molar-refractivity contribution in [2.45, 2.75) is 18.0 Å². The Labute approximate surface area is 167 Å². The average molecular weight is 392 g/mol. The minimum atomic E-state index is -0.183. The Kier molecular flexibility index (Phi) is 5.16. The Balaban J connectivity index is 1.49. The Morgan fingerprint density at radius 3 is 2.68 bits per heavy atom. The second kappa shape index (κ2) is 7.90. The van der Waals surface area contributed by atoms with Gasteiger partial charge >= 0.3 is 0 Å². The first-order valence-electron chi connectivity index (χ1n) is 9.05. The zero-order valence-corrected chi connectivity index (χ0v) is 16.3. The van der Waals surface area contributed by atoms with Crippen molar-refractivity contribution >= 4 is 35.0 Å². The van der Waals surface area contributed by atoms with E-state index in [1.807, 2.05) is 59.5 Å². The molecule has 2 aromatic carbocycles. The van der Waals surface area contributed by atoms with Crippen molar-refractivity contribution in [1.29, 1.82) is 0 Å². The molecule has 2 heterocycles. The first-order valence-corrected chi connectivity index (χ1v) is 10.3. The second-order valence-corrected chi connectivity index (χ2v) is 7.26. The lowest BCUT2D eigenvalue weighted by Gasteiger charge is -2.16. The highest BCUT2D eigenvalue weighted by Crippen LogP contribution is 2.24. The average Bonchev–Trinajstić information content (AvgIpc) is 3.37. The smallest absolute Gasteiger partial charge is 0.255 e. The lowest BCUT2D eigenvalue weighted by Crippen LogP contribution is -2.23. The highest BCUT2D eigenvalue weighted by molar-refractivity contribution is 7.98. The molecule has 0 aliphatic carbocycles. The van der Waals surface area contributed by atoms with Crippen LogP contribution in [0.15, 0.2) is 66.1 Å². The summed E-state index contributed by atoms with van der Waals surface area (Å²) >= 11 is 1.55. The van der Waals surface area contributed by atoms with Gasteiger partial charge in [-0.05, 0) is 55.1 Å². The van der Waals surface area contributed by atoms with E-state index in [4.69, 9.17) is 0 Å². The number of aromatic nitrogens is 2. The number of imidazole rings is 1. The van der Waals surface area contributed by atoms with Crippen LogP contribution < -0.4 is 10.2 Å². The molecule has 0 unspecified atom stereocenters. The third-order valence-electron chi connectivity index (χ3n) is 4.69. The first-order chi connectivity index (χ1) is 13.7. The third-order valence-corrected chi connectivity index (χ3v) is 5.35. The number of rotatable bonds is 5. The van der Waals surface area contributed by atoms with Crippen LogP contribution in [0.4, 0.5) is 11.4 Å². The van der Waals surface area contributed by atoms with Crippen LogP contribution >= 0.6 is 11.8 Å². The normalized spacial score (nSPS) is 13.8. The zero-order chi connectivity index (χ0) is 19.5. The molecule has 1 fully saturated rings. The molecule has 1 aliphatic heterocycles. The second-order valence-electron chi connectivity index (χ2n) is 6.48. The van der Waals surface area contributed by atoms with Gasteiger partial charge in [0.2, 0.25) is 5.91 Å². The lowest BCUT2D eigenvalue weighted by molar-refractivity contribution is -0.117. The molecule has 0 bridgehead atoms. The van der Waals surface area contributed by atoms with E-state index in [9.17, 15) is 9.59 Å². The van der Waals surface area contributed by atoms with Gasteiger partial charge in [-0.25, -0.2) is 4.98 Å². The number of carbonyl (C=O) groups is 2. The van der Waals surface area contributed by atoms with Crippen LogP contribution in [0, 0.1) is 0 Å². The minimum Gasteiger partial charge on any atom is -0.322 e. The van der Waals surface area contributed by atoms with Crippen molar-refractivity contribution in [2.24, 2.45) is 0 Å². The van der Waals surface area contributed by atoms with E-state index in [-0.39, 0.29) is 11.8 Å². The Morgan fingerprint density at radius 1 is 1.14 bits per heavy atom. The van der Waals surface area contributed by atoms with Crippen molar-refractivity contribution < 1.29 is 9.59 Å². The van der Waals surface area contributed by atoms with Gasteiger partial charge < -0.3 is 10.2 Å². The molecule has 28 heavy (non-hydrogen) atoms. The fraction of sp³-hybridized carbons (Fsp3) is 0.190. The van der Waals surface area contributed by atoms with E-state index >= 15 is 0 Å². The standard InChI is InChI=1S/C21H20N4O2S/c1-28-21-22-11-13-25(21)18-5-2-4-15(14-18)20(27)23-16-7-9-17(10-8-16)24-12-3-6-19(24)26/h2,4-5,7-11,13-14H,3,6,12H2,1H3,(H,23,27). The number of carbonyl (C=O) groups excluding carboxylic acids is 2. The molecule has 1 aliphatic rings. The Bertz CT molecular complexity index is 1010. The molecule has 0 radical (unpaired) electrons. The molecular formula is C21H20N4O2S. The van der Waals surface area contributed by atoms with Gasteiger partial charge in [-0.1, -0.05) is 17.8 Å². The SMILES string of the molecule is CSc1nccn1-c1cccc(C(=O)Nc2ccc(N3CCCC3=O)cc2)c1. The summed E-state index contributed by atoms with van der Waals surface area (Å²) in [6, 6.07) is 14.8. The van der Waals surface area contributed by atoms with Crippen LogP contribution in [0.1, 0.15) is 23.2 Å². The van der Waals surface area contributed by atoms with Crippen LogP contribution in [-0.4, -0.2) is 34.2 Å². The number of hydrogen-bond donors (Lipinski definition) is 1. The molecule has 0 spiro atoms. The first kappa shape index (κ1) is 18.3. The van der Waals surface area contributed by atoms with Gasteiger partial charge in [-0.3, -0.25) is 14.2 Å². The molecule has 7 heteroatoms. The van der Waals surface area contributed by atoms with Crippen LogP contribution in [0.25, 0.3) is 5.69 Å². The summed E-state index contributed by atoms with van der Waals surface area (Å²) in [5.74, 6) is -0.0321. The zero-order valence-electron chi connectivity index (χ0n) is 15.5. The maximum absolute atomic E-state index is 12.7. The van der Waals surface area contributed by atoms with E-state index in [1.165, 1.54) is 0 Å². The highest BCUT2D eigenvalue weighted by Gasteiger charge is 2.21. The quantitative estimate of drug-likeness (QED) is 0.667. The third kappa shape index (κ3) is 3.66. The van der Waals surface area contributed by atoms with Gasteiger partial charge in [0, 0.05) is 48.0 Å². The molecule has 0 atom stereocenters. The molecule has 6 nitrogen and oxygen atoms in total. The van der Waals surface area contributed by atoms with E-state index in [0.717, 1.165) is 29.5 Å². The van der Waals surface area contributed by atoms with Gasteiger partial charge in [0.1, 0.15) is 0 Å². The number of amides is 2. The Morgan fingerprint density at radius 2 is 1.96 bits per heavy atom. The van der Waals surface area contributed by atoms with Crippen LogP contribution in [0.2, 0.25) is 0 Å². The van der Waals surface area contributed by atoms with E-state index in [1.54, 1.807) is 28.9 Å². The summed E-state index contributed by atoms with van der Waals surface area (Å²) < 4.78 is 1.95. The summed E-state index contributed by atoms with van der Waals surface area (Å²) in [5.41, 5.74) is 3.01. The van der Waals surface area contributed by atoms with Gasteiger partial charge in [0.05, 0.1) is 0 Å². The molecule has 1 N–H and O–H groups in total. The van der Waals surface area contributed by atoms with Gasteiger partial charge in [-0.2, -0.15) is 0 Å². The predicted molar refractivity (Wildman–Crippen MR) is 111 cm³/mol. The summed E-state index contributed by atoms with van der Waals surface area (Å²) in [4.78, 5) is 30.6. The fourth-order valence-electron chi connectivity index (χ4n) is 3.28. The van der Waals surface area contributed by atoms with Crippen LogP contribution in [0.5, 0.6) is 0 Å². The van der Waals surface area contributed by atoms with Gasteiger partial charge in [0.15, 0.2) is 5.16 Å². The maximum atomic E-state index is 12.7. The molecule has 1 aromatic heterocycles. The minimum absolute atomic E-state index is 0.151. The van der Waals surface area contributed by atoms with E-state index < -0.39 is 0 Å². The van der Waals surface area contributed by atoms with Crippen molar-refractivity contribution in [3.8, 4) is 5.69 Å². The Hall–Kier alpha value is -3.06. The molecule has 142 valence electrons. The van der Waals surface area contributed by atoms with Crippen LogP contribution in [0.3, 0.4) is 0 Å². The molecule has 3 aromatic rings.